The summed E-state index contributed by atoms with van der Waals surface area (Å²) < 4.78 is 6.44. The van der Waals surface area contributed by atoms with E-state index in [1.807, 2.05) is 42.5 Å². The van der Waals surface area contributed by atoms with Crippen LogP contribution in [0.1, 0.15) is 58.1 Å². The van der Waals surface area contributed by atoms with E-state index in [9.17, 15) is 4.79 Å². The summed E-state index contributed by atoms with van der Waals surface area (Å²) in [5.74, 6) is 1.46. The Hall–Kier alpha value is -3.73. The molecule has 0 saturated carbocycles. The largest absolute Gasteiger partial charge is 0.490 e. The number of Topliss-reactive ketones (excluding diaryl/α,β-unsaturated/α-hetero) is 1. The Balaban J connectivity index is 1.18. The normalized spacial score (nSPS) is 15.2. The van der Waals surface area contributed by atoms with Crippen LogP contribution in [0.15, 0.2) is 115 Å². The van der Waals surface area contributed by atoms with Gasteiger partial charge in [-0.1, -0.05) is 103 Å². The number of rotatable bonds is 12. The van der Waals surface area contributed by atoms with Crippen LogP contribution >= 0.6 is 0 Å². The first kappa shape index (κ1) is 28.8. The molecule has 0 bridgehead atoms. The van der Waals surface area contributed by atoms with Crippen LogP contribution in [0.3, 0.4) is 0 Å². The predicted octanol–water partition coefficient (Wildman–Crippen LogP) is 7.28. The molecule has 0 aromatic heterocycles. The lowest BCUT2D eigenvalue weighted by atomic mass is 9.90. The van der Waals surface area contributed by atoms with Gasteiger partial charge in [0.2, 0.25) is 0 Å². The maximum absolute atomic E-state index is 13.4. The topological polar surface area (TPSA) is 32.8 Å². The highest BCUT2D eigenvalue weighted by molar-refractivity contribution is 5.97. The van der Waals surface area contributed by atoms with Crippen molar-refractivity contribution >= 4 is 5.78 Å². The van der Waals surface area contributed by atoms with Gasteiger partial charge in [0.25, 0.3) is 0 Å². The Labute approximate surface area is 245 Å². The number of carbonyl (C=O) groups excluding carboxylic acids is 1. The molecule has 1 atom stereocenters. The van der Waals surface area contributed by atoms with Crippen LogP contribution in [0.4, 0.5) is 0 Å². The average Bonchev–Trinajstić information content (AvgIpc) is 3.01. The van der Waals surface area contributed by atoms with Gasteiger partial charge >= 0.3 is 0 Å². The van der Waals surface area contributed by atoms with E-state index in [1.165, 1.54) is 16.7 Å². The fourth-order valence-electron chi connectivity index (χ4n) is 5.97. The number of ether oxygens (including phenoxy) is 1. The maximum atomic E-state index is 13.4. The fraction of sp³-hybridized carbons (Fsp3) is 0.324. The molecule has 41 heavy (non-hydrogen) atoms. The summed E-state index contributed by atoms with van der Waals surface area (Å²) in [6.07, 6.45) is 2.60. The van der Waals surface area contributed by atoms with Gasteiger partial charge in [-0.3, -0.25) is 4.79 Å². The van der Waals surface area contributed by atoms with Crippen molar-refractivity contribution < 1.29 is 9.53 Å². The summed E-state index contributed by atoms with van der Waals surface area (Å²) in [7, 11) is 4.12. The molecule has 0 N–H and O–H groups in total. The first-order valence-electron chi connectivity index (χ1n) is 14.9. The summed E-state index contributed by atoms with van der Waals surface area (Å²) in [5.41, 5.74) is 4.65. The van der Waals surface area contributed by atoms with E-state index >= 15 is 0 Å². The standard InChI is InChI=1S/C37H42N2O2/c1-38(2)27-33(29-13-6-3-7-14-29)26-37(40)32-19-12-20-35(25-32)41-34-21-23-39(24-22-34)28-36(30-15-8-4-9-16-30)31-17-10-5-11-18-31/h3-20,25,33-34,36H,21-24,26-28H2,1-2H3. The predicted molar refractivity (Wildman–Crippen MR) is 168 cm³/mol. The van der Waals surface area contributed by atoms with Crippen LogP contribution in [0, 0.1) is 0 Å². The van der Waals surface area contributed by atoms with E-state index in [-0.39, 0.29) is 17.8 Å². The van der Waals surface area contributed by atoms with Gasteiger partial charge in [-0.05, 0) is 55.8 Å². The summed E-state index contributed by atoms with van der Waals surface area (Å²) >= 11 is 0. The second kappa shape index (κ2) is 14.2. The number of likely N-dealkylation sites (N-methyl/N-ethyl adjacent to an activating group) is 1. The number of hydrogen-bond donors (Lipinski definition) is 0. The van der Waals surface area contributed by atoms with E-state index in [4.69, 9.17) is 4.74 Å². The Morgan fingerprint density at radius 1 is 0.780 bits per heavy atom. The SMILES string of the molecule is CN(C)CC(CC(=O)c1cccc(OC2CCN(CC(c3ccccc3)c3ccccc3)CC2)c1)c1ccccc1. The van der Waals surface area contributed by atoms with Gasteiger partial charge in [-0.2, -0.15) is 0 Å². The van der Waals surface area contributed by atoms with E-state index in [0.29, 0.717) is 12.3 Å². The lowest BCUT2D eigenvalue weighted by Gasteiger charge is -2.34. The van der Waals surface area contributed by atoms with Crippen LogP contribution in [0.2, 0.25) is 0 Å². The maximum Gasteiger partial charge on any atom is 0.163 e. The monoisotopic (exact) mass is 546 g/mol. The van der Waals surface area contributed by atoms with Crippen molar-refractivity contribution in [1.29, 1.82) is 0 Å². The van der Waals surface area contributed by atoms with Crippen LogP contribution in [-0.4, -0.2) is 62.0 Å². The van der Waals surface area contributed by atoms with E-state index < -0.39 is 0 Å². The number of ketones is 1. The smallest absolute Gasteiger partial charge is 0.163 e. The average molecular weight is 547 g/mol. The molecule has 4 nitrogen and oxygen atoms in total. The Morgan fingerprint density at radius 3 is 1.90 bits per heavy atom. The van der Waals surface area contributed by atoms with Crippen LogP contribution in [-0.2, 0) is 0 Å². The summed E-state index contributed by atoms with van der Waals surface area (Å²) in [6.45, 7) is 3.84. The van der Waals surface area contributed by atoms with Crippen LogP contribution in [0.25, 0.3) is 0 Å². The van der Waals surface area contributed by atoms with Crippen molar-refractivity contribution in [2.45, 2.75) is 37.2 Å². The zero-order chi connectivity index (χ0) is 28.4. The molecule has 4 aromatic carbocycles. The van der Waals surface area contributed by atoms with E-state index in [0.717, 1.165) is 50.3 Å². The van der Waals surface area contributed by atoms with E-state index in [1.54, 1.807) is 0 Å². The second-order valence-corrected chi connectivity index (χ2v) is 11.5. The molecule has 5 rings (SSSR count). The van der Waals surface area contributed by atoms with Gasteiger partial charge in [0.05, 0.1) is 0 Å². The summed E-state index contributed by atoms with van der Waals surface area (Å²) in [4.78, 5) is 18.1. The molecule has 1 unspecified atom stereocenters. The third-order valence-electron chi connectivity index (χ3n) is 8.13. The van der Waals surface area contributed by atoms with Crippen molar-refractivity contribution in [2.75, 3.05) is 40.3 Å². The molecule has 1 aliphatic heterocycles. The lowest BCUT2D eigenvalue weighted by Crippen LogP contribution is -2.40. The summed E-state index contributed by atoms with van der Waals surface area (Å²) in [5, 5.41) is 0. The van der Waals surface area contributed by atoms with Crippen molar-refractivity contribution in [3.05, 3.63) is 138 Å². The van der Waals surface area contributed by atoms with Crippen molar-refractivity contribution in [3.8, 4) is 5.75 Å². The van der Waals surface area contributed by atoms with Crippen molar-refractivity contribution in [1.82, 2.24) is 9.80 Å². The third kappa shape index (κ3) is 8.16. The minimum atomic E-state index is 0.156. The second-order valence-electron chi connectivity index (χ2n) is 11.5. The Bertz CT molecular complexity index is 1310. The highest BCUT2D eigenvalue weighted by atomic mass is 16.5. The lowest BCUT2D eigenvalue weighted by molar-refractivity contribution is 0.0953. The highest BCUT2D eigenvalue weighted by Gasteiger charge is 2.25. The Morgan fingerprint density at radius 2 is 1.34 bits per heavy atom. The molecule has 4 aromatic rings. The zero-order valence-electron chi connectivity index (χ0n) is 24.4. The molecule has 1 aliphatic rings. The van der Waals surface area contributed by atoms with Gasteiger partial charge < -0.3 is 14.5 Å². The molecule has 1 saturated heterocycles. The van der Waals surface area contributed by atoms with Gasteiger partial charge in [0.1, 0.15) is 11.9 Å². The molecule has 0 aliphatic carbocycles. The number of hydrogen-bond acceptors (Lipinski definition) is 4. The quantitative estimate of drug-likeness (QED) is 0.175. The summed E-state index contributed by atoms with van der Waals surface area (Å²) in [6, 6.07) is 39.8. The van der Waals surface area contributed by atoms with Crippen molar-refractivity contribution in [2.24, 2.45) is 0 Å². The minimum absolute atomic E-state index is 0.156. The first-order chi connectivity index (χ1) is 20.0. The van der Waals surface area contributed by atoms with Gasteiger partial charge in [-0.15, -0.1) is 0 Å². The van der Waals surface area contributed by atoms with Gasteiger partial charge in [0, 0.05) is 50.0 Å². The minimum Gasteiger partial charge on any atom is -0.490 e. The van der Waals surface area contributed by atoms with Crippen LogP contribution < -0.4 is 4.74 Å². The molecule has 212 valence electrons. The molecule has 0 amide bonds. The molecule has 1 heterocycles. The number of carbonyl (C=O) groups is 1. The number of piperidine rings is 1. The molecular weight excluding hydrogens is 504 g/mol. The molecule has 4 heteroatoms. The molecule has 1 fully saturated rings. The number of benzene rings is 4. The van der Waals surface area contributed by atoms with Crippen LogP contribution in [0.5, 0.6) is 5.75 Å². The number of likely N-dealkylation sites (tertiary alicyclic amines) is 1. The fourth-order valence-corrected chi connectivity index (χ4v) is 5.97. The van der Waals surface area contributed by atoms with Gasteiger partial charge in [-0.25, -0.2) is 0 Å². The first-order valence-corrected chi connectivity index (χ1v) is 14.9. The number of nitrogens with zero attached hydrogens (tertiary/aromatic N) is 2. The molecule has 0 radical (unpaired) electrons. The third-order valence-corrected chi connectivity index (χ3v) is 8.13. The molecule has 0 spiro atoms. The highest BCUT2D eigenvalue weighted by Crippen LogP contribution is 2.29. The molecular formula is C37H42N2O2. The van der Waals surface area contributed by atoms with Gasteiger partial charge in [0.15, 0.2) is 5.78 Å². The van der Waals surface area contributed by atoms with E-state index in [2.05, 4.69) is 96.7 Å². The zero-order valence-corrected chi connectivity index (χ0v) is 24.4. The van der Waals surface area contributed by atoms with Crippen molar-refractivity contribution in [3.63, 3.8) is 0 Å². The Kier molecular flexibility index (Phi) is 10.0.